The number of nitrogens with zero attached hydrogens (tertiary/aromatic N) is 4. The molecule has 1 aliphatic rings. The summed E-state index contributed by atoms with van der Waals surface area (Å²) in [5, 5.41) is 4.02. The number of fused-ring (bicyclic) bond motifs is 1. The van der Waals surface area contributed by atoms with Gasteiger partial charge in [0.1, 0.15) is 11.5 Å². The Morgan fingerprint density at radius 2 is 2.15 bits per heavy atom. The van der Waals surface area contributed by atoms with E-state index >= 15 is 0 Å². The highest BCUT2D eigenvalue weighted by molar-refractivity contribution is 9.10. The highest BCUT2D eigenvalue weighted by atomic mass is 79.9. The van der Waals surface area contributed by atoms with Gasteiger partial charge < -0.3 is 4.74 Å². The summed E-state index contributed by atoms with van der Waals surface area (Å²) in [4.78, 5) is 25.1. The second-order valence-corrected chi connectivity index (χ2v) is 6.32. The Hall–Kier alpha value is -2.87. The molecule has 8 heteroatoms. The summed E-state index contributed by atoms with van der Waals surface area (Å²) in [6.45, 7) is 1.83. The number of hydrogen-bond acceptors (Lipinski definition) is 7. The van der Waals surface area contributed by atoms with Crippen LogP contribution in [0.25, 0.3) is 0 Å². The molecule has 0 saturated carbocycles. The van der Waals surface area contributed by atoms with Crippen molar-refractivity contribution in [1.29, 1.82) is 0 Å². The fourth-order valence-corrected chi connectivity index (χ4v) is 2.70. The summed E-state index contributed by atoms with van der Waals surface area (Å²) in [5.74, 6) is 0.0106. The monoisotopic (exact) mass is 413 g/mol. The zero-order valence-corrected chi connectivity index (χ0v) is 15.8. The van der Waals surface area contributed by atoms with Crippen LogP contribution >= 0.6 is 15.9 Å². The van der Waals surface area contributed by atoms with Crippen molar-refractivity contribution >= 4 is 44.8 Å². The van der Waals surface area contributed by atoms with E-state index in [1.54, 1.807) is 13.1 Å². The van der Waals surface area contributed by atoms with Gasteiger partial charge in [-0.05, 0) is 37.3 Å². The number of carbonyl (C=O) groups excluding carboxylic acids is 1. The number of pyridine rings is 1. The molecule has 0 amide bonds. The van der Waals surface area contributed by atoms with E-state index in [1.807, 2.05) is 36.4 Å². The van der Waals surface area contributed by atoms with E-state index in [2.05, 4.69) is 46.2 Å². The first-order valence-electron chi connectivity index (χ1n) is 7.80. The Morgan fingerprint density at radius 1 is 1.31 bits per heavy atom. The smallest absolute Gasteiger partial charge is 0.353 e. The Bertz CT molecular complexity index is 922. The van der Waals surface area contributed by atoms with E-state index in [1.165, 1.54) is 7.11 Å². The molecule has 1 aromatic carbocycles. The minimum Gasteiger partial charge on any atom is -0.464 e. The van der Waals surface area contributed by atoms with E-state index in [9.17, 15) is 4.79 Å². The molecule has 2 heterocycles. The van der Waals surface area contributed by atoms with Crippen molar-refractivity contribution in [3.05, 3.63) is 58.3 Å². The van der Waals surface area contributed by atoms with Gasteiger partial charge in [0.05, 0.1) is 30.7 Å². The molecule has 0 spiro atoms. The number of amidine groups is 1. The van der Waals surface area contributed by atoms with Gasteiger partial charge >= 0.3 is 5.97 Å². The number of halogens is 1. The van der Waals surface area contributed by atoms with Gasteiger partial charge in [-0.3, -0.25) is 15.4 Å². The standard InChI is InChI=1S/C18H16BrN5O2/c1-11(18(25)26-2)23-24-16-10-21-17(15-5-3-4-8-20-15)13-9-12(19)6-7-14(13)22-16/h3-9H,10H2,1-2H3,(H,22,24). The van der Waals surface area contributed by atoms with Crippen molar-refractivity contribution in [1.82, 2.24) is 10.4 Å². The molecule has 0 fully saturated rings. The summed E-state index contributed by atoms with van der Waals surface area (Å²) >= 11 is 3.49. The van der Waals surface area contributed by atoms with Gasteiger partial charge in [0, 0.05) is 16.2 Å². The Morgan fingerprint density at radius 3 is 2.88 bits per heavy atom. The number of aromatic nitrogens is 1. The molecule has 132 valence electrons. The van der Waals surface area contributed by atoms with Crippen molar-refractivity contribution < 1.29 is 9.53 Å². The normalized spacial score (nSPS) is 13.9. The first-order valence-corrected chi connectivity index (χ1v) is 8.59. The number of nitrogens with one attached hydrogen (secondary N) is 1. The van der Waals surface area contributed by atoms with Crippen LogP contribution in [-0.4, -0.2) is 41.9 Å². The highest BCUT2D eigenvalue weighted by Crippen LogP contribution is 2.27. The van der Waals surface area contributed by atoms with Gasteiger partial charge in [0.2, 0.25) is 0 Å². The molecule has 3 rings (SSSR count). The molecule has 0 atom stereocenters. The minimum absolute atomic E-state index is 0.199. The molecule has 1 aromatic heterocycles. The molecule has 1 aliphatic heterocycles. The van der Waals surface area contributed by atoms with E-state index in [4.69, 9.17) is 0 Å². The van der Waals surface area contributed by atoms with Crippen LogP contribution in [0.3, 0.4) is 0 Å². The van der Waals surface area contributed by atoms with Gasteiger partial charge in [-0.25, -0.2) is 9.79 Å². The first kappa shape index (κ1) is 17.9. The van der Waals surface area contributed by atoms with E-state index < -0.39 is 5.97 Å². The van der Waals surface area contributed by atoms with Crippen molar-refractivity contribution in [2.24, 2.45) is 15.1 Å². The molecule has 1 N–H and O–H groups in total. The lowest BCUT2D eigenvalue weighted by Gasteiger charge is -2.07. The second-order valence-electron chi connectivity index (χ2n) is 5.40. The van der Waals surface area contributed by atoms with Crippen LogP contribution in [0.5, 0.6) is 0 Å². The van der Waals surface area contributed by atoms with E-state index in [0.717, 1.165) is 27.1 Å². The van der Waals surface area contributed by atoms with Gasteiger partial charge in [-0.2, -0.15) is 5.10 Å². The molecule has 0 saturated heterocycles. The van der Waals surface area contributed by atoms with Crippen LogP contribution in [-0.2, 0) is 9.53 Å². The van der Waals surface area contributed by atoms with Crippen molar-refractivity contribution in [3.8, 4) is 0 Å². The number of hydrogen-bond donors (Lipinski definition) is 1. The number of rotatable bonds is 3. The molecular weight excluding hydrogens is 398 g/mol. The molecule has 26 heavy (non-hydrogen) atoms. The quantitative estimate of drug-likeness (QED) is 0.475. The van der Waals surface area contributed by atoms with Gasteiger partial charge in [-0.1, -0.05) is 22.0 Å². The third-order valence-corrected chi connectivity index (χ3v) is 4.09. The lowest BCUT2D eigenvalue weighted by atomic mass is 10.0. The maximum absolute atomic E-state index is 11.5. The topological polar surface area (TPSA) is 88.3 Å². The molecule has 0 radical (unpaired) electrons. The molecule has 7 nitrogen and oxygen atoms in total. The van der Waals surface area contributed by atoms with Crippen molar-refractivity contribution in [2.75, 3.05) is 13.7 Å². The summed E-state index contributed by atoms with van der Waals surface area (Å²) in [6, 6.07) is 11.4. The maximum Gasteiger partial charge on any atom is 0.353 e. The zero-order valence-electron chi connectivity index (χ0n) is 14.2. The molecule has 0 aliphatic carbocycles. The molecule has 0 unspecified atom stereocenters. The summed E-state index contributed by atoms with van der Waals surface area (Å²) in [5.41, 5.74) is 6.11. The largest absolute Gasteiger partial charge is 0.464 e. The highest BCUT2D eigenvalue weighted by Gasteiger charge is 2.17. The number of carbonyl (C=O) groups is 1. The molecule has 0 bridgehead atoms. The number of ether oxygens (including phenoxy) is 1. The summed E-state index contributed by atoms with van der Waals surface area (Å²) in [6.07, 6.45) is 1.73. The van der Waals surface area contributed by atoms with Gasteiger partial charge in [0.15, 0.2) is 0 Å². The van der Waals surface area contributed by atoms with Crippen LogP contribution in [0.2, 0.25) is 0 Å². The maximum atomic E-state index is 11.5. The number of aliphatic imine (C=N–C) groups is 2. The lowest BCUT2D eigenvalue weighted by Crippen LogP contribution is -2.24. The van der Waals surface area contributed by atoms with Crippen LogP contribution < -0.4 is 5.43 Å². The summed E-state index contributed by atoms with van der Waals surface area (Å²) in [7, 11) is 1.31. The fraction of sp³-hybridized carbons (Fsp3) is 0.167. The van der Waals surface area contributed by atoms with Gasteiger partial charge in [-0.15, -0.1) is 0 Å². The average Bonchev–Trinajstić information content (AvgIpc) is 2.85. The third-order valence-electron chi connectivity index (χ3n) is 3.60. The molecular formula is C18H16BrN5O2. The number of methoxy groups -OCH3 is 1. The van der Waals surface area contributed by atoms with Crippen LogP contribution in [0.1, 0.15) is 18.2 Å². The lowest BCUT2D eigenvalue weighted by molar-refractivity contribution is -0.132. The Balaban J connectivity index is 1.99. The van der Waals surface area contributed by atoms with Crippen molar-refractivity contribution in [3.63, 3.8) is 0 Å². The predicted octanol–water partition coefficient (Wildman–Crippen LogP) is 2.86. The number of benzene rings is 1. The third kappa shape index (κ3) is 4.02. The molecule has 2 aromatic rings. The van der Waals surface area contributed by atoms with Crippen LogP contribution in [0.15, 0.2) is 62.2 Å². The minimum atomic E-state index is -0.506. The SMILES string of the molecule is COC(=O)C(C)=NNC1=Nc2ccc(Br)cc2C(c2ccccn2)=NC1. The van der Waals surface area contributed by atoms with E-state index in [0.29, 0.717) is 5.84 Å². The van der Waals surface area contributed by atoms with Crippen LogP contribution in [0, 0.1) is 0 Å². The van der Waals surface area contributed by atoms with Gasteiger partial charge in [0.25, 0.3) is 0 Å². The first-order chi connectivity index (χ1) is 12.6. The summed E-state index contributed by atoms with van der Waals surface area (Å²) < 4.78 is 5.55. The zero-order chi connectivity index (χ0) is 18.5. The Kier molecular flexibility index (Phi) is 5.52. The number of hydrazone groups is 1. The fourth-order valence-electron chi connectivity index (χ4n) is 2.34. The van der Waals surface area contributed by atoms with E-state index in [-0.39, 0.29) is 12.3 Å². The second kappa shape index (κ2) is 8.01. The van der Waals surface area contributed by atoms with Crippen molar-refractivity contribution in [2.45, 2.75) is 6.92 Å². The van der Waals surface area contributed by atoms with Crippen LogP contribution in [0.4, 0.5) is 5.69 Å². The average molecular weight is 414 g/mol. The Labute approximate surface area is 159 Å². The number of esters is 1. The predicted molar refractivity (Wildman–Crippen MR) is 104 cm³/mol.